The number of nitrogens with zero attached hydrogens (tertiary/aromatic N) is 1. The van der Waals surface area contributed by atoms with Gasteiger partial charge in [0.25, 0.3) is 5.56 Å². The number of nitrogens with two attached hydrogens (primary N) is 2. The molecule has 0 aliphatic heterocycles. The highest BCUT2D eigenvalue weighted by atomic mass is 16.2. The van der Waals surface area contributed by atoms with Crippen molar-refractivity contribution in [3.63, 3.8) is 0 Å². The van der Waals surface area contributed by atoms with E-state index in [2.05, 4.69) is 0 Å². The van der Waals surface area contributed by atoms with Crippen LogP contribution in [-0.2, 0) is 17.9 Å². The lowest BCUT2D eigenvalue weighted by atomic mass is 10.2. The van der Waals surface area contributed by atoms with Crippen LogP contribution in [0.5, 0.6) is 0 Å². The van der Waals surface area contributed by atoms with Crippen LogP contribution >= 0.6 is 0 Å². The first kappa shape index (κ1) is 10.5. The van der Waals surface area contributed by atoms with Gasteiger partial charge >= 0.3 is 0 Å². The van der Waals surface area contributed by atoms with E-state index >= 15 is 0 Å². The highest BCUT2D eigenvalue weighted by Crippen LogP contribution is 1.97. The van der Waals surface area contributed by atoms with E-state index in [1.54, 1.807) is 19.1 Å². The van der Waals surface area contributed by atoms with E-state index in [1.165, 1.54) is 4.57 Å². The van der Waals surface area contributed by atoms with Gasteiger partial charge in [0.1, 0.15) is 6.54 Å². The quantitative estimate of drug-likeness (QED) is 0.654. The van der Waals surface area contributed by atoms with Crippen molar-refractivity contribution >= 4 is 5.91 Å². The van der Waals surface area contributed by atoms with E-state index in [4.69, 9.17) is 11.5 Å². The van der Waals surface area contributed by atoms with E-state index in [0.717, 1.165) is 0 Å². The van der Waals surface area contributed by atoms with Gasteiger partial charge in [-0.3, -0.25) is 9.59 Å². The predicted molar refractivity (Wildman–Crippen MR) is 52.5 cm³/mol. The molecule has 14 heavy (non-hydrogen) atoms. The molecule has 1 aromatic heterocycles. The first-order chi connectivity index (χ1) is 6.56. The van der Waals surface area contributed by atoms with Gasteiger partial charge in [-0.15, -0.1) is 0 Å². The summed E-state index contributed by atoms with van der Waals surface area (Å²) >= 11 is 0. The monoisotopic (exact) mass is 195 g/mol. The van der Waals surface area contributed by atoms with Crippen LogP contribution in [0.25, 0.3) is 0 Å². The fourth-order valence-electron chi connectivity index (χ4n) is 1.22. The first-order valence-corrected chi connectivity index (χ1v) is 4.24. The molecule has 1 aromatic rings. The Balaban J connectivity index is 3.25. The molecule has 0 unspecified atom stereocenters. The summed E-state index contributed by atoms with van der Waals surface area (Å²) in [5.74, 6) is -0.538. The second kappa shape index (κ2) is 4.06. The Hall–Kier alpha value is -1.62. The molecule has 0 atom stereocenters. The van der Waals surface area contributed by atoms with E-state index < -0.39 is 5.91 Å². The summed E-state index contributed by atoms with van der Waals surface area (Å²) in [7, 11) is 0. The van der Waals surface area contributed by atoms with Gasteiger partial charge in [0.05, 0.1) is 0 Å². The number of carbonyl (C=O) groups is 1. The molecule has 1 rings (SSSR count). The van der Waals surface area contributed by atoms with Gasteiger partial charge in [-0.25, -0.2) is 0 Å². The van der Waals surface area contributed by atoms with Crippen LogP contribution in [0.4, 0.5) is 0 Å². The number of aryl methyl sites for hydroxylation is 1. The minimum absolute atomic E-state index is 0.0987. The average molecular weight is 195 g/mol. The summed E-state index contributed by atoms with van der Waals surface area (Å²) < 4.78 is 1.32. The summed E-state index contributed by atoms with van der Waals surface area (Å²) in [6.07, 6.45) is 0. The Bertz CT molecular complexity index is 409. The zero-order valence-electron chi connectivity index (χ0n) is 7.99. The highest BCUT2D eigenvalue weighted by Gasteiger charge is 2.06. The Labute approximate surface area is 81.3 Å². The fraction of sp³-hybridized carbons (Fsp3) is 0.333. The Morgan fingerprint density at radius 1 is 1.50 bits per heavy atom. The van der Waals surface area contributed by atoms with Gasteiger partial charge in [0.15, 0.2) is 0 Å². The van der Waals surface area contributed by atoms with Crippen LogP contribution in [0.1, 0.15) is 11.3 Å². The zero-order valence-corrected chi connectivity index (χ0v) is 7.99. The lowest BCUT2D eigenvalue weighted by Gasteiger charge is -2.08. The second-order valence-electron chi connectivity index (χ2n) is 3.06. The molecule has 0 saturated heterocycles. The van der Waals surface area contributed by atoms with Crippen molar-refractivity contribution in [2.24, 2.45) is 11.5 Å². The van der Waals surface area contributed by atoms with E-state index in [1.807, 2.05) is 0 Å². The third kappa shape index (κ3) is 2.00. The summed E-state index contributed by atoms with van der Waals surface area (Å²) in [5.41, 5.74) is 11.3. The number of hydrogen-bond acceptors (Lipinski definition) is 3. The summed E-state index contributed by atoms with van der Waals surface area (Å²) in [6.45, 7) is 1.81. The molecule has 4 N–H and O–H groups in total. The molecule has 1 amide bonds. The SMILES string of the molecule is Cc1ccc(CN)c(=O)n1CC(N)=O. The number of carbonyl (C=O) groups excluding carboxylic acids is 1. The van der Waals surface area contributed by atoms with Gasteiger partial charge in [-0.05, 0) is 13.0 Å². The van der Waals surface area contributed by atoms with Crippen LogP contribution in [0.15, 0.2) is 16.9 Å². The molecule has 0 aromatic carbocycles. The first-order valence-electron chi connectivity index (χ1n) is 4.24. The van der Waals surface area contributed by atoms with Crippen molar-refractivity contribution in [2.45, 2.75) is 20.0 Å². The molecule has 0 aliphatic rings. The Morgan fingerprint density at radius 2 is 2.14 bits per heavy atom. The second-order valence-corrected chi connectivity index (χ2v) is 3.06. The van der Waals surface area contributed by atoms with Gasteiger partial charge in [0.2, 0.25) is 5.91 Å². The Morgan fingerprint density at radius 3 is 2.64 bits per heavy atom. The summed E-state index contributed by atoms with van der Waals surface area (Å²) in [5, 5.41) is 0. The number of pyridine rings is 1. The molecule has 1 heterocycles. The number of primary amides is 1. The van der Waals surface area contributed by atoms with E-state index in [-0.39, 0.29) is 18.6 Å². The van der Waals surface area contributed by atoms with Gasteiger partial charge in [-0.1, -0.05) is 6.07 Å². The standard InChI is InChI=1S/C9H13N3O2/c1-6-2-3-7(4-10)9(14)12(6)5-8(11)13/h2-3H,4-5,10H2,1H3,(H2,11,13). The Kier molecular flexibility index (Phi) is 3.03. The smallest absolute Gasteiger partial charge is 0.255 e. The molecule has 0 aliphatic carbocycles. The maximum absolute atomic E-state index is 11.6. The number of aromatic nitrogens is 1. The fourth-order valence-corrected chi connectivity index (χ4v) is 1.22. The summed E-state index contributed by atoms with van der Waals surface area (Å²) in [4.78, 5) is 22.3. The van der Waals surface area contributed by atoms with Crippen molar-refractivity contribution < 1.29 is 4.79 Å². The molecule has 76 valence electrons. The minimum atomic E-state index is -0.538. The molecule has 0 saturated carbocycles. The zero-order chi connectivity index (χ0) is 10.7. The van der Waals surface area contributed by atoms with E-state index in [0.29, 0.717) is 11.3 Å². The largest absolute Gasteiger partial charge is 0.368 e. The maximum Gasteiger partial charge on any atom is 0.255 e. The third-order valence-electron chi connectivity index (χ3n) is 2.01. The molecule has 5 heteroatoms. The molecular formula is C9H13N3O2. The van der Waals surface area contributed by atoms with Crippen LogP contribution in [-0.4, -0.2) is 10.5 Å². The molecule has 0 spiro atoms. The number of rotatable bonds is 3. The molecular weight excluding hydrogens is 182 g/mol. The lowest BCUT2D eigenvalue weighted by molar-refractivity contribution is -0.118. The molecule has 0 fully saturated rings. The van der Waals surface area contributed by atoms with Crippen molar-refractivity contribution in [3.05, 3.63) is 33.7 Å². The number of hydrogen-bond donors (Lipinski definition) is 2. The van der Waals surface area contributed by atoms with Crippen molar-refractivity contribution in [1.82, 2.24) is 4.57 Å². The van der Waals surface area contributed by atoms with Crippen molar-refractivity contribution in [3.8, 4) is 0 Å². The maximum atomic E-state index is 11.6. The topological polar surface area (TPSA) is 91.1 Å². The molecule has 5 nitrogen and oxygen atoms in total. The number of amides is 1. The van der Waals surface area contributed by atoms with Gasteiger partial charge in [0, 0.05) is 17.8 Å². The van der Waals surface area contributed by atoms with Crippen molar-refractivity contribution in [2.75, 3.05) is 0 Å². The van der Waals surface area contributed by atoms with Crippen LogP contribution in [0.2, 0.25) is 0 Å². The predicted octanol–water partition coefficient (Wildman–Crippen LogP) is -0.899. The van der Waals surface area contributed by atoms with Crippen LogP contribution in [0, 0.1) is 6.92 Å². The van der Waals surface area contributed by atoms with E-state index in [9.17, 15) is 9.59 Å². The van der Waals surface area contributed by atoms with Crippen LogP contribution < -0.4 is 17.0 Å². The molecule has 0 radical (unpaired) electrons. The van der Waals surface area contributed by atoms with Crippen molar-refractivity contribution in [1.29, 1.82) is 0 Å². The summed E-state index contributed by atoms with van der Waals surface area (Å²) in [6, 6.07) is 3.40. The third-order valence-corrected chi connectivity index (χ3v) is 2.01. The van der Waals surface area contributed by atoms with Crippen LogP contribution in [0.3, 0.4) is 0 Å². The lowest BCUT2D eigenvalue weighted by Crippen LogP contribution is -2.32. The normalized spacial score (nSPS) is 10.1. The highest BCUT2D eigenvalue weighted by molar-refractivity contribution is 5.73. The molecule has 0 bridgehead atoms. The van der Waals surface area contributed by atoms with Gasteiger partial charge < -0.3 is 16.0 Å². The average Bonchev–Trinajstić information content (AvgIpc) is 2.12. The van der Waals surface area contributed by atoms with Gasteiger partial charge in [-0.2, -0.15) is 0 Å². The minimum Gasteiger partial charge on any atom is -0.368 e.